The van der Waals surface area contributed by atoms with E-state index in [1.807, 2.05) is 70.4 Å². The number of amides is 1. The van der Waals surface area contributed by atoms with Crippen molar-refractivity contribution >= 4 is 18.7 Å². The van der Waals surface area contributed by atoms with Crippen LogP contribution in [0.3, 0.4) is 0 Å². The monoisotopic (exact) mass is 389 g/mol. The van der Waals surface area contributed by atoms with Crippen LogP contribution in [0.15, 0.2) is 12.4 Å². The van der Waals surface area contributed by atoms with Crippen molar-refractivity contribution in [3.63, 3.8) is 0 Å². The summed E-state index contributed by atoms with van der Waals surface area (Å²) in [5.74, 6) is 0. The van der Waals surface area contributed by atoms with Crippen LogP contribution in [-0.4, -0.2) is 56.8 Å². The van der Waals surface area contributed by atoms with Crippen LogP contribution < -0.4 is 5.46 Å². The number of hydrogen-bond donors (Lipinski definition) is 0. The SMILES string of the molecule is CC(C)(C)OC(=O)N1C[C@H](n2cc(B3OC(C)(C)C(C)(C)O3)cn2)CC12CC2. The molecule has 28 heavy (non-hydrogen) atoms. The molecular weight excluding hydrogens is 357 g/mol. The van der Waals surface area contributed by atoms with Gasteiger partial charge >= 0.3 is 13.2 Å². The molecule has 1 atom stereocenters. The molecule has 3 fully saturated rings. The summed E-state index contributed by atoms with van der Waals surface area (Å²) in [4.78, 5) is 14.6. The lowest BCUT2D eigenvalue weighted by Crippen LogP contribution is -2.41. The summed E-state index contributed by atoms with van der Waals surface area (Å²) in [6.07, 6.45) is 6.59. The number of ether oxygens (including phenoxy) is 1. The van der Waals surface area contributed by atoms with Gasteiger partial charge in [0.1, 0.15) is 5.60 Å². The van der Waals surface area contributed by atoms with E-state index in [-0.39, 0.29) is 28.9 Å². The zero-order chi connectivity index (χ0) is 20.5. The maximum atomic E-state index is 12.7. The molecule has 0 bridgehead atoms. The van der Waals surface area contributed by atoms with Crippen molar-refractivity contribution in [2.75, 3.05) is 6.54 Å². The van der Waals surface area contributed by atoms with Crippen molar-refractivity contribution in [1.29, 1.82) is 0 Å². The highest BCUT2D eigenvalue weighted by Gasteiger charge is 2.58. The highest BCUT2D eigenvalue weighted by Crippen LogP contribution is 2.53. The Balaban J connectivity index is 1.48. The number of aromatic nitrogens is 2. The van der Waals surface area contributed by atoms with Gasteiger partial charge in [-0.1, -0.05) is 0 Å². The van der Waals surface area contributed by atoms with Crippen LogP contribution >= 0.6 is 0 Å². The van der Waals surface area contributed by atoms with Crippen LogP contribution in [-0.2, 0) is 14.0 Å². The third-order valence-corrected chi connectivity index (χ3v) is 6.54. The molecule has 0 N–H and O–H groups in total. The number of rotatable bonds is 2. The third kappa shape index (κ3) is 3.34. The largest absolute Gasteiger partial charge is 0.498 e. The van der Waals surface area contributed by atoms with Crippen molar-refractivity contribution in [3.8, 4) is 0 Å². The third-order valence-electron chi connectivity index (χ3n) is 6.54. The standard InChI is InChI=1S/C20H32BN3O4/c1-17(2,3)26-16(25)23-13-15(10-20(23)8-9-20)24-12-14(11-22-24)21-27-18(4,5)19(6,7)28-21/h11-12,15H,8-10,13H2,1-7H3/t15-/m1/s1. The van der Waals surface area contributed by atoms with E-state index in [0.717, 1.165) is 24.7 Å². The number of carbonyl (C=O) groups excluding carboxylic acids is 1. The van der Waals surface area contributed by atoms with E-state index >= 15 is 0 Å². The Kier molecular flexibility index (Phi) is 4.23. The first-order valence-electron chi connectivity index (χ1n) is 10.2. The Morgan fingerprint density at radius 3 is 2.36 bits per heavy atom. The number of hydrogen-bond acceptors (Lipinski definition) is 5. The van der Waals surface area contributed by atoms with E-state index in [1.54, 1.807) is 0 Å². The topological polar surface area (TPSA) is 65.8 Å². The minimum absolute atomic E-state index is 0.0521. The predicted octanol–water partition coefficient (Wildman–Crippen LogP) is 2.90. The van der Waals surface area contributed by atoms with Crippen molar-refractivity contribution in [3.05, 3.63) is 12.4 Å². The molecule has 0 unspecified atom stereocenters. The zero-order valence-corrected chi connectivity index (χ0v) is 18.1. The smallest absolute Gasteiger partial charge is 0.444 e. The van der Waals surface area contributed by atoms with Crippen LogP contribution in [0.1, 0.15) is 73.8 Å². The lowest BCUT2D eigenvalue weighted by atomic mass is 9.82. The average molecular weight is 389 g/mol. The molecule has 154 valence electrons. The Hall–Kier alpha value is -1.54. The van der Waals surface area contributed by atoms with Crippen LogP contribution in [0.25, 0.3) is 0 Å². The molecule has 1 aromatic rings. The van der Waals surface area contributed by atoms with E-state index in [4.69, 9.17) is 14.0 Å². The second-order valence-electron chi connectivity index (χ2n) is 10.5. The molecule has 2 aliphatic heterocycles. The summed E-state index contributed by atoms with van der Waals surface area (Å²) in [5.41, 5.74) is -0.374. The van der Waals surface area contributed by atoms with Gasteiger partial charge in [0, 0.05) is 29.9 Å². The second kappa shape index (κ2) is 5.98. The molecule has 7 nitrogen and oxygen atoms in total. The summed E-state index contributed by atoms with van der Waals surface area (Å²) >= 11 is 0. The summed E-state index contributed by atoms with van der Waals surface area (Å²) in [7, 11) is -0.419. The fraction of sp³-hybridized carbons (Fsp3) is 0.800. The molecule has 3 aliphatic rings. The Bertz CT molecular complexity index is 763. The highest BCUT2D eigenvalue weighted by molar-refractivity contribution is 6.62. The lowest BCUT2D eigenvalue weighted by Gasteiger charge is -2.32. The minimum Gasteiger partial charge on any atom is -0.444 e. The Morgan fingerprint density at radius 1 is 1.21 bits per heavy atom. The van der Waals surface area contributed by atoms with Gasteiger partial charge in [0.05, 0.1) is 17.2 Å². The van der Waals surface area contributed by atoms with Crippen molar-refractivity contribution in [1.82, 2.24) is 14.7 Å². The Labute approximate surface area is 167 Å². The summed E-state index contributed by atoms with van der Waals surface area (Å²) in [5, 5.41) is 4.58. The minimum atomic E-state index is -0.485. The number of carbonyl (C=O) groups is 1. The first-order valence-corrected chi connectivity index (χ1v) is 10.2. The summed E-state index contributed by atoms with van der Waals surface area (Å²) in [6, 6.07) is 0.145. The van der Waals surface area contributed by atoms with Gasteiger partial charge < -0.3 is 18.9 Å². The molecule has 8 heteroatoms. The van der Waals surface area contributed by atoms with Gasteiger partial charge in [0.2, 0.25) is 0 Å². The van der Waals surface area contributed by atoms with Gasteiger partial charge in [-0.15, -0.1) is 0 Å². The lowest BCUT2D eigenvalue weighted by molar-refractivity contribution is 0.00578. The molecule has 3 heterocycles. The van der Waals surface area contributed by atoms with E-state index in [0.29, 0.717) is 6.54 Å². The predicted molar refractivity (Wildman–Crippen MR) is 107 cm³/mol. The van der Waals surface area contributed by atoms with Gasteiger partial charge in [-0.25, -0.2) is 4.79 Å². The quantitative estimate of drug-likeness (QED) is 0.728. The Morgan fingerprint density at radius 2 is 1.82 bits per heavy atom. The molecule has 1 spiro atoms. The van der Waals surface area contributed by atoms with Crippen LogP contribution in [0.2, 0.25) is 0 Å². The first-order chi connectivity index (χ1) is 12.8. The molecule has 0 radical (unpaired) electrons. The molecule has 1 saturated carbocycles. The number of nitrogens with zero attached hydrogens (tertiary/aromatic N) is 3. The van der Waals surface area contributed by atoms with Crippen LogP contribution in [0.5, 0.6) is 0 Å². The van der Waals surface area contributed by atoms with E-state index < -0.39 is 12.7 Å². The van der Waals surface area contributed by atoms with Crippen molar-refractivity contribution in [2.24, 2.45) is 0 Å². The van der Waals surface area contributed by atoms with Crippen LogP contribution in [0.4, 0.5) is 4.79 Å². The molecular formula is C20H32BN3O4. The molecule has 2 saturated heterocycles. The second-order valence-corrected chi connectivity index (χ2v) is 10.5. The zero-order valence-electron chi connectivity index (χ0n) is 18.1. The molecule has 1 aliphatic carbocycles. The van der Waals surface area contributed by atoms with Gasteiger partial charge in [-0.05, 0) is 67.7 Å². The summed E-state index contributed by atoms with van der Waals surface area (Å²) < 4.78 is 19.9. The number of likely N-dealkylation sites (tertiary alicyclic amines) is 1. The molecule has 1 amide bonds. The van der Waals surface area contributed by atoms with Crippen molar-refractivity contribution in [2.45, 2.75) is 96.1 Å². The fourth-order valence-corrected chi connectivity index (χ4v) is 4.05. The fourth-order valence-electron chi connectivity index (χ4n) is 4.05. The van der Waals surface area contributed by atoms with Gasteiger partial charge in [-0.2, -0.15) is 5.10 Å². The molecule has 0 aromatic carbocycles. The van der Waals surface area contributed by atoms with E-state index in [9.17, 15) is 4.79 Å². The van der Waals surface area contributed by atoms with Crippen LogP contribution in [0, 0.1) is 0 Å². The highest BCUT2D eigenvalue weighted by atomic mass is 16.7. The first kappa shape index (κ1) is 19.8. The van der Waals surface area contributed by atoms with E-state index in [1.165, 1.54) is 0 Å². The average Bonchev–Trinajstić information content (AvgIpc) is 2.89. The van der Waals surface area contributed by atoms with Gasteiger partial charge in [-0.3, -0.25) is 4.68 Å². The maximum absolute atomic E-state index is 12.7. The van der Waals surface area contributed by atoms with Gasteiger partial charge in [0.25, 0.3) is 0 Å². The molecule has 1 aromatic heterocycles. The van der Waals surface area contributed by atoms with E-state index in [2.05, 4.69) is 5.10 Å². The van der Waals surface area contributed by atoms with Crippen molar-refractivity contribution < 1.29 is 18.8 Å². The maximum Gasteiger partial charge on any atom is 0.498 e. The summed E-state index contributed by atoms with van der Waals surface area (Å²) in [6.45, 7) is 14.5. The molecule has 4 rings (SSSR count). The normalized spacial score (nSPS) is 27.5. The van der Waals surface area contributed by atoms with Gasteiger partial charge in [0.15, 0.2) is 0 Å².